The molecule has 0 aromatic heterocycles. The van der Waals surface area contributed by atoms with Crippen LogP contribution in [-0.2, 0) is 11.2 Å². The van der Waals surface area contributed by atoms with Crippen molar-refractivity contribution in [3.63, 3.8) is 0 Å². The van der Waals surface area contributed by atoms with E-state index < -0.39 is 0 Å². The van der Waals surface area contributed by atoms with E-state index in [2.05, 4.69) is 41.1 Å². The van der Waals surface area contributed by atoms with E-state index in [1.54, 1.807) is 0 Å². The topological polar surface area (TPSA) is 44.8 Å². The minimum Gasteiger partial charge on any atom is -0.492 e. The van der Waals surface area contributed by atoms with E-state index in [9.17, 15) is 4.79 Å². The minimum atomic E-state index is -0.156. The standard InChI is InChI=1S/C23H29N3O2/c1-3-25-10-12-26(13-11-25)20-8-9-21(17(2)14-20)24-23(27)19-15-18-6-4-5-7-22(18)28-16-19/h4-9,14,19H,3,10-13,15-16H2,1-2H3,(H,24,27)/t19-/m0/s1. The van der Waals surface area contributed by atoms with Gasteiger partial charge in [-0.25, -0.2) is 0 Å². The Morgan fingerprint density at radius 3 is 2.68 bits per heavy atom. The highest BCUT2D eigenvalue weighted by Gasteiger charge is 2.26. The van der Waals surface area contributed by atoms with E-state index in [-0.39, 0.29) is 11.8 Å². The average Bonchev–Trinajstić information content (AvgIpc) is 2.74. The number of aryl methyl sites for hydroxylation is 1. The van der Waals surface area contributed by atoms with Gasteiger partial charge in [-0.1, -0.05) is 25.1 Å². The number of ether oxygens (including phenoxy) is 1. The zero-order valence-electron chi connectivity index (χ0n) is 16.8. The normalized spacial score (nSPS) is 19.6. The van der Waals surface area contributed by atoms with Crippen LogP contribution in [0.4, 0.5) is 11.4 Å². The van der Waals surface area contributed by atoms with Crippen molar-refractivity contribution in [1.82, 2.24) is 4.90 Å². The number of amides is 1. The van der Waals surface area contributed by atoms with Crippen LogP contribution in [0.1, 0.15) is 18.1 Å². The molecule has 0 unspecified atom stereocenters. The smallest absolute Gasteiger partial charge is 0.231 e. The number of nitrogens with zero attached hydrogens (tertiary/aromatic N) is 2. The second-order valence-corrected chi connectivity index (χ2v) is 7.73. The van der Waals surface area contributed by atoms with E-state index in [1.807, 2.05) is 30.3 Å². The Morgan fingerprint density at radius 2 is 1.93 bits per heavy atom. The lowest BCUT2D eigenvalue weighted by atomic mass is 9.96. The lowest BCUT2D eigenvalue weighted by molar-refractivity contribution is -0.121. The summed E-state index contributed by atoms with van der Waals surface area (Å²) in [6.45, 7) is 10.2. The highest BCUT2D eigenvalue weighted by molar-refractivity contribution is 5.94. The summed E-state index contributed by atoms with van der Waals surface area (Å²) in [6.07, 6.45) is 0.723. The van der Waals surface area contributed by atoms with Gasteiger partial charge in [-0.15, -0.1) is 0 Å². The number of hydrogen-bond acceptors (Lipinski definition) is 4. The Balaban J connectivity index is 1.39. The summed E-state index contributed by atoms with van der Waals surface area (Å²) >= 11 is 0. The van der Waals surface area contributed by atoms with Crippen LogP contribution in [0, 0.1) is 12.8 Å². The molecule has 5 nitrogen and oxygen atoms in total. The number of fused-ring (bicyclic) bond motifs is 1. The van der Waals surface area contributed by atoms with Crippen molar-refractivity contribution < 1.29 is 9.53 Å². The number of benzene rings is 2. The van der Waals surface area contributed by atoms with Crippen molar-refractivity contribution in [2.45, 2.75) is 20.3 Å². The van der Waals surface area contributed by atoms with Crippen molar-refractivity contribution in [3.05, 3.63) is 53.6 Å². The van der Waals surface area contributed by atoms with Gasteiger partial charge < -0.3 is 19.9 Å². The van der Waals surface area contributed by atoms with Crippen molar-refractivity contribution in [1.29, 1.82) is 0 Å². The third-order valence-electron chi connectivity index (χ3n) is 5.90. The molecule has 0 radical (unpaired) electrons. The number of carbonyl (C=O) groups excluding carboxylic acids is 1. The first kappa shape index (κ1) is 18.8. The lowest BCUT2D eigenvalue weighted by Crippen LogP contribution is -2.46. The molecule has 4 rings (SSSR count). The van der Waals surface area contributed by atoms with Crippen molar-refractivity contribution in [2.24, 2.45) is 5.92 Å². The van der Waals surface area contributed by atoms with Crippen LogP contribution in [0.5, 0.6) is 5.75 Å². The summed E-state index contributed by atoms with van der Waals surface area (Å²) in [7, 11) is 0. The fourth-order valence-electron chi connectivity index (χ4n) is 4.04. The molecule has 1 saturated heterocycles. The van der Waals surface area contributed by atoms with Crippen LogP contribution in [-0.4, -0.2) is 50.1 Å². The van der Waals surface area contributed by atoms with Gasteiger partial charge in [0.15, 0.2) is 0 Å². The molecule has 0 saturated carbocycles. The number of carbonyl (C=O) groups is 1. The van der Waals surface area contributed by atoms with Gasteiger partial charge in [0.05, 0.1) is 5.92 Å². The molecule has 0 spiro atoms. The summed E-state index contributed by atoms with van der Waals surface area (Å²) in [4.78, 5) is 17.7. The Labute approximate surface area is 167 Å². The van der Waals surface area contributed by atoms with E-state index in [1.165, 1.54) is 5.69 Å². The molecule has 1 N–H and O–H groups in total. The zero-order chi connectivity index (χ0) is 19.5. The highest BCUT2D eigenvalue weighted by Crippen LogP contribution is 2.29. The highest BCUT2D eigenvalue weighted by atomic mass is 16.5. The number of likely N-dealkylation sites (N-methyl/N-ethyl adjacent to an activating group) is 1. The Hall–Kier alpha value is -2.53. The number of piperazine rings is 1. The van der Waals surface area contributed by atoms with Crippen LogP contribution in [0.25, 0.3) is 0 Å². The first-order chi connectivity index (χ1) is 13.6. The van der Waals surface area contributed by atoms with E-state index in [0.29, 0.717) is 6.61 Å². The molecule has 5 heteroatoms. The van der Waals surface area contributed by atoms with Crippen LogP contribution in [0.15, 0.2) is 42.5 Å². The maximum atomic E-state index is 12.8. The van der Waals surface area contributed by atoms with Crippen molar-refractivity contribution in [2.75, 3.05) is 49.5 Å². The molecule has 1 atom stereocenters. The maximum absolute atomic E-state index is 12.8. The van der Waals surface area contributed by atoms with Gasteiger partial charge in [-0.3, -0.25) is 4.79 Å². The largest absolute Gasteiger partial charge is 0.492 e. The zero-order valence-corrected chi connectivity index (χ0v) is 16.8. The summed E-state index contributed by atoms with van der Waals surface area (Å²) in [5.74, 6) is 0.772. The molecule has 1 fully saturated rings. The molecule has 1 amide bonds. The molecular formula is C23H29N3O2. The predicted molar refractivity (Wildman–Crippen MR) is 113 cm³/mol. The van der Waals surface area contributed by atoms with E-state index >= 15 is 0 Å². The third-order valence-corrected chi connectivity index (χ3v) is 5.90. The van der Waals surface area contributed by atoms with Gasteiger partial charge in [0.25, 0.3) is 0 Å². The number of nitrogens with one attached hydrogen (secondary N) is 1. The fourth-order valence-corrected chi connectivity index (χ4v) is 4.04. The minimum absolute atomic E-state index is 0.0295. The number of hydrogen-bond donors (Lipinski definition) is 1. The summed E-state index contributed by atoms with van der Waals surface area (Å²) < 4.78 is 5.77. The molecule has 28 heavy (non-hydrogen) atoms. The molecule has 148 valence electrons. The van der Waals surface area contributed by atoms with Crippen molar-refractivity contribution >= 4 is 17.3 Å². The van der Waals surface area contributed by atoms with Crippen LogP contribution in [0.2, 0.25) is 0 Å². The van der Waals surface area contributed by atoms with Gasteiger partial charge in [0.1, 0.15) is 12.4 Å². The van der Waals surface area contributed by atoms with Crippen molar-refractivity contribution in [3.8, 4) is 5.75 Å². The van der Waals surface area contributed by atoms with Crippen LogP contribution in [0.3, 0.4) is 0 Å². The van der Waals surface area contributed by atoms with Crippen LogP contribution >= 0.6 is 0 Å². The summed E-state index contributed by atoms with van der Waals surface area (Å²) in [5.41, 5.74) is 4.33. The van der Waals surface area contributed by atoms with Gasteiger partial charge >= 0.3 is 0 Å². The Kier molecular flexibility index (Phi) is 5.53. The molecule has 2 aromatic rings. The predicted octanol–water partition coefficient (Wildman–Crippen LogP) is 3.33. The average molecular weight is 380 g/mol. The Bertz CT molecular complexity index is 843. The number of rotatable bonds is 4. The number of anilines is 2. The lowest BCUT2D eigenvalue weighted by Gasteiger charge is -2.35. The molecule has 0 aliphatic carbocycles. The first-order valence-electron chi connectivity index (χ1n) is 10.2. The van der Waals surface area contributed by atoms with Crippen LogP contribution < -0.4 is 15.0 Å². The molecule has 2 aliphatic heterocycles. The molecular weight excluding hydrogens is 350 g/mol. The van der Waals surface area contributed by atoms with E-state index in [0.717, 1.165) is 61.7 Å². The summed E-state index contributed by atoms with van der Waals surface area (Å²) in [5, 5.41) is 3.11. The quantitative estimate of drug-likeness (QED) is 0.885. The second kappa shape index (κ2) is 8.23. The molecule has 0 bridgehead atoms. The fraction of sp³-hybridized carbons (Fsp3) is 0.435. The maximum Gasteiger partial charge on any atom is 0.231 e. The Morgan fingerprint density at radius 1 is 1.14 bits per heavy atom. The molecule has 2 aliphatic rings. The first-order valence-corrected chi connectivity index (χ1v) is 10.2. The van der Waals surface area contributed by atoms with Gasteiger partial charge in [-0.2, -0.15) is 0 Å². The SMILES string of the molecule is CCN1CCN(c2ccc(NC(=O)[C@@H]3COc4ccccc4C3)c(C)c2)CC1. The van der Waals surface area contributed by atoms with Gasteiger partial charge in [-0.05, 0) is 55.3 Å². The third kappa shape index (κ3) is 3.99. The van der Waals surface area contributed by atoms with E-state index in [4.69, 9.17) is 4.74 Å². The monoisotopic (exact) mass is 379 g/mol. The summed E-state index contributed by atoms with van der Waals surface area (Å²) in [6, 6.07) is 14.3. The number of para-hydroxylation sites is 1. The molecule has 2 aromatic carbocycles. The molecule has 2 heterocycles. The van der Waals surface area contributed by atoms with Gasteiger partial charge in [0, 0.05) is 37.6 Å². The van der Waals surface area contributed by atoms with Gasteiger partial charge in [0.2, 0.25) is 5.91 Å². The second-order valence-electron chi connectivity index (χ2n) is 7.73.